The second kappa shape index (κ2) is 24.3. The lowest BCUT2D eigenvalue weighted by atomic mass is 9.96. The molecule has 0 saturated carbocycles. The van der Waals surface area contributed by atoms with Crippen molar-refractivity contribution >= 4 is 33.3 Å². The number of nitrogen functional groups attached to an aromatic ring is 1. The average Bonchev–Trinajstić information content (AvgIpc) is 3.21. The van der Waals surface area contributed by atoms with Crippen molar-refractivity contribution in [3.05, 3.63) is 190 Å². The number of allylic oxidation sites excluding steroid dienone is 4. The lowest BCUT2D eigenvalue weighted by Gasteiger charge is -2.09. The number of anilines is 1. The van der Waals surface area contributed by atoms with Gasteiger partial charge in [-0.05, 0) is 153 Å². The highest BCUT2D eigenvalue weighted by atomic mass is 14.5. The predicted molar refractivity (Wildman–Crippen MR) is 248 cm³/mol. The third-order valence-electron chi connectivity index (χ3n) is 10.3. The molecule has 2 N–H and O–H groups in total. The van der Waals surface area contributed by atoms with Crippen molar-refractivity contribution in [1.82, 2.24) is 0 Å². The molecule has 1 heteroatoms. The molecule has 4 aromatic carbocycles. The Balaban J connectivity index is 0.000000632. The molecule has 288 valence electrons. The molecule has 0 saturated heterocycles. The lowest BCUT2D eigenvalue weighted by molar-refractivity contribution is 1.03. The molecule has 0 aliphatic heterocycles. The van der Waals surface area contributed by atoms with Gasteiger partial charge in [0.2, 0.25) is 0 Å². The topological polar surface area (TPSA) is 26.0 Å². The van der Waals surface area contributed by atoms with Crippen LogP contribution in [0.25, 0.3) is 27.6 Å². The fourth-order valence-corrected chi connectivity index (χ4v) is 7.08. The van der Waals surface area contributed by atoms with E-state index in [4.69, 9.17) is 5.73 Å². The summed E-state index contributed by atoms with van der Waals surface area (Å²) in [6.07, 6.45) is 14.6. The number of nitrogens with two attached hydrogens (primary N) is 1. The van der Waals surface area contributed by atoms with Crippen molar-refractivity contribution in [3.8, 4) is 0 Å². The van der Waals surface area contributed by atoms with E-state index in [2.05, 4.69) is 189 Å². The largest absolute Gasteiger partial charge is 0.399 e. The van der Waals surface area contributed by atoms with Gasteiger partial charge in [0.1, 0.15) is 0 Å². The van der Waals surface area contributed by atoms with Crippen LogP contribution in [0.15, 0.2) is 151 Å². The van der Waals surface area contributed by atoms with Crippen molar-refractivity contribution in [2.45, 2.75) is 107 Å². The van der Waals surface area contributed by atoms with Gasteiger partial charge in [-0.2, -0.15) is 0 Å². The van der Waals surface area contributed by atoms with Crippen molar-refractivity contribution in [2.24, 2.45) is 0 Å². The van der Waals surface area contributed by atoms with E-state index in [0.717, 1.165) is 57.1 Å². The Labute approximate surface area is 334 Å². The zero-order valence-electron chi connectivity index (χ0n) is 35.2. The Morgan fingerprint density at radius 1 is 0.436 bits per heavy atom. The smallest absolute Gasteiger partial charge is 0.0316 e. The molecule has 0 heterocycles. The van der Waals surface area contributed by atoms with Crippen LogP contribution in [0.5, 0.6) is 0 Å². The normalized spacial score (nSPS) is 11.1. The molecule has 0 aliphatic carbocycles. The quantitative estimate of drug-likeness (QED) is 0.121. The van der Waals surface area contributed by atoms with E-state index >= 15 is 0 Å². The minimum Gasteiger partial charge on any atom is -0.399 e. The van der Waals surface area contributed by atoms with E-state index in [1.807, 2.05) is 12.1 Å². The first-order valence-corrected chi connectivity index (χ1v) is 20.7. The van der Waals surface area contributed by atoms with Crippen molar-refractivity contribution in [3.63, 3.8) is 0 Å². The molecule has 0 aliphatic rings. The summed E-state index contributed by atoms with van der Waals surface area (Å²) in [6.45, 7) is 21.7. The van der Waals surface area contributed by atoms with Crippen molar-refractivity contribution < 1.29 is 0 Å². The minimum absolute atomic E-state index is 0.874. The predicted octanol–water partition coefficient (Wildman–Crippen LogP) is 15.3. The van der Waals surface area contributed by atoms with Gasteiger partial charge in [-0.1, -0.05) is 171 Å². The lowest BCUT2D eigenvalue weighted by Crippen LogP contribution is -1.93. The van der Waals surface area contributed by atoms with Crippen LogP contribution in [0, 0.1) is 0 Å². The van der Waals surface area contributed by atoms with E-state index in [1.165, 1.54) is 71.6 Å². The Bertz CT molecular complexity index is 2130. The Kier molecular flexibility index (Phi) is 19.6. The summed E-state index contributed by atoms with van der Waals surface area (Å²) in [4.78, 5) is 0. The van der Waals surface area contributed by atoms with Gasteiger partial charge in [-0.3, -0.25) is 0 Å². The molecule has 55 heavy (non-hydrogen) atoms. The molecule has 0 radical (unpaired) electrons. The van der Waals surface area contributed by atoms with Crippen LogP contribution >= 0.6 is 0 Å². The van der Waals surface area contributed by atoms with E-state index in [9.17, 15) is 0 Å². The molecule has 0 spiro atoms. The van der Waals surface area contributed by atoms with E-state index in [0.29, 0.717) is 0 Å². The summed E-state index contributed by atoms with van der Waals surface area (Å²) in [5.74, 6) is 0. The summed E-state index contributed by atoms with van der Waals surface area (Å²) >= 11 is 0. The van der Waals surface area contributed by atoms with Gasteiger partial charge >= 0.3 is 0 Å². The van der Waals surface area contributed by atoms with Crippen molar-refractivity contribution in [2.75, 3.05) is 5.73 Å². The Hall–Kier alpha value is -5.14. The molecule has 0 unspecified atom stereocenters. The van der Waals surface area contributed by atoms with Crippen LogP contribution in [0.3, 0.4) is 0 Å². The van der Waals surface area contributed by atoms with Gasteiger partial charge in [0.15, 0.2) is 0 Å². The van der Waals surface area contributed by atoms with Crippen LogP contribution in [-0.4, -0.2) is 0 Å². The Morgan fingerprint density at radius 3 is 1.29 bits per heavy atom. The highest BCUT2D eigenvalue weighted by Crippen LogP contribution is 2.26. The molecular weight excluding hydrogens is 663 g/mol. The summed E-state index contributed by atoms with van der Waals surface area (Å²) in [5, 5.41) is 4.93. The molecule has 1 nitrogen and oxygen atoms in total. The summed E-state index contributed by atoms with van der Waals surface area (Å²) in [7, 11) is 0. The number of benzene rings is 3. The van der Waals surface area contributed by atoms with Crippen LogP contribution in [-0.2, 0) is 38.5 Å². The molecular formula is C54H67N. The standard InChI is InChI=1S/C44H52.C10H15N/c1-8-21-35(9-2)40(14-7)30-34-28-29-43-32-41-26-19-17-24-38(12-5)36(10-3)22-15-16-23-37(11-4)39(13-6)25-18-20-27-42(41)33-44(43)31-34;1-3-8-5-6-10(11)7-9(8)4-2/h8,15-33H,1,9-14H2,2-7H3;5-7H,3-4,11H2,1-2H3/b16-15?,19-17?,20-18?,22-15?,23-16?,24-17?,25-18?,26-19?,27-20?,35-21-,36-22?,37-23?,38-24?,38-36?,39-25?,39-37?,40-30-,41-26?,42-27?;. The number of hydrogen-bond acceptors (Lipinski definition) is 1. The van der Waals surface area contributed by atoms with Gasteiger partial charge in [-0.25, -0.2) is 0 Å². The zero-order chi connectivity index (χ0) is 40.0. The number of fused-ring (bicyclic) bond motifs is 2. The summed E-state index contributed by atoms with van der Waals surface area (Å²) < 4.78 is 0. The number of hydrogen-bond donors (Lipinski definition) is 1. The number of rotatable bonds is 11. The SMILES string of the molecule is C=C/C=C(CC)\C(=C/c1ccc2cc3ccccc(CC)c(CC)ccccc(CC)c(CC)ccccc3cc2c1)CC.CCc1ccc(N)cc1CC. The first-order chi connectivity index (χ1) is 26.8. The van der Waals surface area contributed by atoms with Gasteiger partial charge in [0.25, 0.3) is 0 Å². The minimum atomic E-state index is 0.874. The fourth-order valence-electron chi connectivity index (χ4n) is 7.08. The third kappa shape index (κ3) is 13.6. The molecule has 0 fully saturated rings. The van der Waals surface area contributed by atoms with Gasteiger partial charge in [0.05, 0.1) is 0 Å². The maximum absolute atomic E-state index is 5.66. The molecule has 0 atom stereocenters. The number of aryl methyl sites for hydroxylation is 6. The molecule has 0 amide bonds. The van der Waals surface area contributed by atoms with E-state index in [1.54, 1.807) is 0 Å². The molecule has 4 rings (SSSR count). The molecule has 0 aromatic heterocycles. The highest BCUT2D eigenvalue weighted by molar-refractivity contribution is 5.98. The molecule has 4 aromatic rings. The van der Waals surface area contributed by atoms with Gasteiger partial charge in [0, 0.05) is 5.69 Å². The van der Waals surface area contributed by atoms with Crippen molar-refractivity contribution in [1.29, 1.82) is 0 Å². The van der Waals surface area contributed by atoms with Crippen LogP contribution < -0.4 is 5.73 Å². The third-order valence-corrected chi connectivity index (χ3v) is 10.3. The Morgan fingerprint density at radius 2 is 0.855 bits per heavy atom. The van der Waals surface area contributed by atoms with Gasteiger partial charge < -0.3 is 5.73 Å². The summed E-state index contributed by atoms with van der Waals surface area (Å²) in [5.41, 5.74) is 18.8. The maximum Gasteiger partial charge on any atom is 0.0316 e. The van der Waals surface area contributed by atoms with Crippen LogP contribution in [0.2, 0.25) is 0 Å². The first kappa shape index (κ1) is 44.3. The van der Waals surface area contributed by atoms with E-state index in [-0.39, 0.29) is 0 Å². The monoisotopic (exact) mass is 730 g/mol. The molecule has 0 bridgehead atoms. The summed E-state index contributed by atoms with van der Waals surface area (Å²) in [6, 6.07) is 44.3. The highest BCUT2D eigenvalue weighted by Gasteiger charge is 2.03. The zero-order valence-corrected chi connectivity index (χ0v) is 35.2. The van der Waals surface area contributed by atoms with E-state index < -0.39 is 0 Å². The van der Waals surface area contributed by atoms with Gasteiger partial charge in [-0.15, -0.1) is 0 Å². The van der Waals surface area contributed by atoms with Crippen LogP contribution in [0.1, 0.15) is 107 Å². The second-order valence-corrected chi connectivity index (χ2v) is 13.8. The van der Waals surface area contributed by atoms with Crippen LogP contribution in [0.4, 0.5) is 5.69 Å². The average molecular weight is 730 g/mol. The maximum atomic E-state index is 5.66. The first-order valence-electron chi connectivity index (χ1n) is 20.7. The fraction of sp³-hybridized carbons (Fsp3) is 0.296. The second-order valence-electron chi connectivity index (χ2n) is 13.8.